The normalized spacial score (nSPS) is 10.2. The van der Waals surface area contributed by atoms with Crippen LogP contribution in [0.15, 0.2) is 72.8 Å². The Morgan fingerprint density at radius 1 is 0.781 bits per heavy atom. The average Bonchev–Trinajstić information content (AvgIpc) is 2.80. The second-order valence-corrected chi connectivity index (χ2v) is 6.69. The number of hydrogen-bond donors (Lipinski definition) is 3. The number of anilines is 4. The van der Waals surface area contributed by atoms with Gasteiger partial charge in [-0.05, 0) is 54.6 Å². The smallest absolute Gasteiger partial charge is 0.411 e. The number of carbonyl (C=O) groups is 2. The Morgan fingerprint density at radius 3 is 2.22 bits per heavy atom. The van der Waals surface area contributed by atoms with Crippen LogP contribution in [0.2, 0.25) is 0 Å². The summed E-state index contributed by atoms with van der Waals surface area (Å²) in [6.45, 7) is 0.463. The Morgan fingerprint density at radius 2 is 1.50 bits per heavy atom. The highest BCUT2D eigenvalue weighted by Gasteiger charge is 2.12. The minimum Gasteiger partial charge on any atom is -0.497 e. The molecule has 0 aliphatic heterocycles. The van der Waals surface area contributed by atoms with Gasteiger partial charge < -0.3 is 24.8 Å². The lowest BCUT2D eigenvalue weighted by atomic mass is 10.1. The van der Waals surface area contributed by atoms with E-state index in [1.165, 1.54) is 7.11 Å². The number of methoxy groups -OCH3 is 2. The van der Waals surface area contributed by atoms with Gasteiger partial charge in [0.25, 0.3) is 5.91 Å². The molecule has 0 aliphatic rings. The van der Waals surface area contributed by atoms with Crippen molar-refractivity contribution in [3.8, 4) is 5.75 Å². The van der Waals surface area contributed by atoms with Crippen LogP contribution < -0.4 is 20.7 Å². The summed E-state index contributed by atoms with van der Waals surface area (Å²) in [5, 5.41) is 8.73. The molecule has 0 fully saturated rings. The zero-order valence-corrected chi connectivity index (χ0v) is 17.9. The number of para-hydroxylation sites is 1. The van der Waals surface area contributed by atoms with Crippen LogP contribution in [-0.4, -0.2) is 39.4 Å². The molecule has 166 valence electrons. The molecular formula is C24H25N3O5. The van der Waals surface area contributed by atoms with E-state index in [1.54, 1.807) is 43.5 Å². The second-order valence-electron chi connectivity index (χ2n) is 6.69. The molecule has 0 saturated heterocycles. The lowest BCUT2D eigenvalue weighted by Crippen LogP contribution is -2.17. The Balaban J connectivity index is 1.67. The fraction of sp³-hybridized carbons (Fsp3) is 0.167. The van der Waals surface area contributed by atoms with E-state index >= 15 is 0 Å². The number of nitrogens with one attached hydrogen (secondary N) is 3. The monoisotopic (exact) mass is 435 g/mol. The molecule has 0 unspecified atom stereocenters. The summed E-state index contributed by atoms with van der Waals surface area (Å²) >= 11 is 0. The minimum absolute atomic E-state index is 0.150. The van der Waals surface area contributed by atoms with E-state index in [-0.39, 0.29) is 12.5 Å². The number of hydrogen-bond acceptors (Lipinski definition) is 6. The van der Waals surface area contributed by atoms with Gasteiger partial charge in [0.15, 0.2) is 0 Å². The van der Waals surface area contributed by atoms with Gasteiger partial charge in [-0.25, -0.2) is 4.79 Å². The number of carbonyl (C=O) groups excluding carboxylic acids is 2. The van der Waals surface area contributed by atoms with E-state index in [0.29, 0.717) is 29.2 Å². The molecule has 0 heterocycles. The standard InChI is InChI=1S/C24H25N3O5/c1-30-14-15-32-24(29)27-19-7-5-6-18(16-19)26-23(28)21-8-3-4-9-22(21)25-17-10-12-20(31-2)13-11-17/h3-13,16,25H,14-15H2,1-2H3,(H,26,28)(H,27,29). The van der Waals surface area contributed by atoms with E-state index in [0.717, 1.165) is 11.4 Å². The fourth-order valence-corrected chi connectivity index (χ4v) is 2.86. The van der Waals surface area contributed by atoms with Crippen molar-refractivity contribution in [1.29, 1.82) is 0 Å². The summed E-state index contributed by atoms with van der Waals surface area (Å²) in [6, 6.07) is 21.4. The SMILES string of the molecule is COCCOC(=O)Nc1cccc(NC(=O)c2ccccc2Nc2ccc(OC)cc2)c1. The lowest BCUT2D eigenvalue weighted by molar-refractivity contribution is 0.102. The summed E-state index contributed by atoms with van der Waals surface area (Å²) in [6.07, 6.45) is -0.598. The quantitative estimate of drug-likeness (QED) is 0.414. The first-order valence-corrected chi connectivity index (χ1v) is 9.93. The van der Waals surface area contributed by atoms with Gasteiger partial charge in [0.1, 0.15) is 12.4 Å². The number of rotatable bonds is 9. The van der Waals surface area contributed by atoms with Crippen molar-refractivity contribution in [2.45, 2.75) is 0 Å². The van der Waals surface area contributed by atoms with E-state index < -0.39 is 6.09 Å². The summed E-state index contributed by atoms with van der Waals surface area (Å²) in [5.41, 5.74) is 2.98. The first kappa shape index (κ1) is 22.6. The van der Waals surface area contributed by atoms with Gasteiger partial charge in [-0.2, -0.15) is 0 Å². The Kier molecular flexibility index (Phi) is 8.05. The maximum Gasteiger partial charge on any atom is 0.411 e. The van der Waals surface area contributed by atoms with Gasteiger partial charge >= 0.3 is 6.09 Å². The number of ether oxygens (including phenoxy) is 3. The van der Waals surface area contributed by atoms with Crippen molar-refractivity contribution in [1.82, 2.24) is 0 Å². The van der Waals surface area contributed by atoms with E-state index in [9.17, 15) is 9.59 Å². The van der Waals surface area contributed by atoms with Gasteiger partial charge in [-0.1, -0.05) is 18.2 Å². The van der Waals surface area contributed by atoms with Crippen LogP contribution in [0, 0.1) is 0 Å². The molecule has 32 heavy (non-hydrogen) atoms. The molecule has 8 heteroatoms. The molecule has 0 radical (unpaired) electrons. The third-order valence-electron chi connectivity index (χ3n) is 4.43. The zero-order chi connectivity index (χ0) is 22.8. The summed E-state index contributed by atoms with van der Waals surface area (Å²) in [4.78, 5) is 24.7. The molecule has 0 aromatic heterocycles. The molecule has 2 amide bonds. The van der Waals surface area contributed by atoms with Gasteiger partial charge in [0.2, 0.25) is 0 Å². The molecular weight excluding hydrogens is 410 g/mol. The van der Waals surface area contributed by atoms with Crippen molar-refractivity contribution in [2.75, 3.05) is 43.4 Å². The molecule has 0 spiro atoms. The van der Waals surface area contributed by atoms with Crippen molar-refractivity contribution < 1.29 is 23.8 Å². The van der Waals surface area contributed by atoms with Crippen LogP contribution in [0.3, 0.4) is 0 Å². The Labute approximate surface area is 186 Å². The summed E-state index contributed by atoms with van der Waals surface area (Å²) < 4.78 is 15.0. The molecule has 8 nitrogen and oxygen atoms in total. The van der Waals surface area contributed by atoms with Gasteiger partial charge in [0, 0.05) is 24.2 Å². The minimum atomic E-state index is -0.598. The van der Waals surface area contributed by atoms with Crippen LogP contribution in [0.5, 0.6) is 5.75 Å². The molecule has 0 bridgehead atoms. The van der Waals surface area contributed by atoms with Crippen LogP contribution in [0.1, 0.15) is 10.4 Å². The molecule has 3 rings (SSSR count). The average molecular weight is 435 g/mol. The van der Waals surface area contributed by atoms with Crippen molar-refractivity contribution >= 4 is 34.7 Å². The highest BCUT2D eigenvalue weighted by Crippen LogP contribution is 2.24. The molecule has 3 aromatic rings. The maximum absolute atomic E-state index is 12.9. The van der Waals surface area contributed by atoms with Crippen molar-refractivity contribution in [2.24, 2.45) is 0 Å². The van der Waals surface area contributed by atoms with Crippen molar-refractivity contribution in [3.63, 3.8) is 0 Å². The molecule has 0 saturated carbocycles. The van der Waals surface area contributed by atoms with E-state index in [2.05, 4.69) is 16.0 Å². The predicted octanol–water partition coefficient (Wildman–Crippen LogP) is 4.89. The van der Waals surface area contributed by atoms with Gasteiger partial charge in [0.05, 0.1) is 25.0 Å². The number of benzene rings is 3. The van der Waals surface area contributed by atoms with Gasteiger partial charge in [-0.15, -0.1) is 0 Å². The van der Waals surface area contributed by atoms with Gasteiger partial charge in [-0.3, -0.25) is 10.1 Å². The Bertz CT molecular complexity index is 1050. The fourth-order valence-electron chi connectivity index (χ4n) is 2.86. The highest BCUT2D eigenvalue weighted by molar-refractivity contribution is 6.08. The van der Waals surface area contributed by atoms with Crippen molar-refractivity contribution in [3.05, 3.63) is 78.4 Å². The molecule has 3 N–H and O–H groups in total. The molecule has 3 aromatic carbocycles. The van der Waals surface area contributed by atoms with Crippen LogP contribution in [-0.2, 0) is 9.47 Å². The topological polar surface area (TPSA) is 97.9 Å². The first-order valence-electron chi connectivity index (χ1n) is 9.93. The predicted molar refractivity (Wildman–Crippen MR) is 124 cm³/mol. The summed E-state index contributed by atoms with van der Waals surface area (Å²) in [7, 11) is 3.13. The first-order chi connectivity index (χ1) is 15.6. The van der Waals surface area contributed by atoms with Crippen LogP contribution >= 0.6 is 0 Å². The third kappa shape index (κ3) is 6.48. The van der Waals surface area contributed by atoms with Crippen LogP contribution in [0.4, 0.5) is 27.5 Å². The zero-order valence-electron chi connectivity index (χ0n) is 17.9. The summed E-state index contributed by atoms with van der Waals surface area (Å²) in [5.74, 6) is 0.457. The number of amides is 2. The van der Waals surface area contributed by atoms with E-state index in [4.69, 9.17) is 14.2 Å². The lowest BCUT2D eigenvalue weighted by Gasteiger charge is -2.13. The maximum atomic E-state index is 12.9. The largest absolute Gasteiger partial charge is 0.497 e. The molecule has 0 atom stereocenters. The van der Waals surface area contributed by atoms with Crippen LogP contribution in [0.25, 0.3) is 0 Å². The molecule has 0 aliphatic carbocycles. The third-order valence-corrected chi connectivity index (χ3v) is 4.43. The second kappa shape index (κ2) is 11.4. The Hall–Kier alpha value is -4.04. The highest BCUT2D eigenvalue weighted by atomic mass is 16.6. The van der Waals surface area contributed by atoms with E-state index in [1.807, 2.05) is 36.4 Å².